The Bertz CT molecular complexity index is 382. The van der Waals surface area contributed by atoms with Gasteiger partial charge in [0, 0.05) is 0 Å². The molecule has 0 aliphatic heterocycles. The van der Waals surface area contributed by atoms with Crippen molar-refractivity contribution < 1.29 is 4.79 Å². The molecular formula is C15H20O. The van der Waals surface area contributed by atoms with Crippen molar-refractivity contribution in [2.75, 3.05) is 0 Å². The van der Waals surface area contributed by atoms with E-state index in [1.165, 1.54) is 17.5 Å². The molecule has 1 saturated carbocycles. The summed E-state index contributed by atoms with van der Waals surface area (Å²) in [6.07, 6.45) is 3.25. The van der Waals surface area contributed by atoms with E-state index in [4.69, 9.17) is 0 Å². The molecule has 1 fully saturated rings. The number of Topliss-reactive ketones (excluding diaryl/α,β-unsaturated/α-hetero) is 1. The molecule has 0 unspecified atom stereocenters. The predicted octanol–water partition coefficient (Wildman–Crippen LogP) is 3.82. The van der Waals surface area contributed by atoms with E-state index in [0.717, 1.165) is 12.8 Å². The average molecular weight is 216 g/mol. The zero-order valence-corrected chi connectivity index (χ0v) is 10.4. The van der Waals surface area contributed by atoms with E-state index in [2.05, 4.69) is 38.1 Å². The first-order valence-corrected chi connectivity index (χ1v) is 6.18. The van der Waals surface area contributed by atoms with Gasteiger partial charge in [-0.2, -0.15) is 0 Å². The summed E-state index contributed by atoms with van der Waals surface area (Å²) in [5.74, 6) is 0.889. The number of rotatable bonds is 3. The maximum Gasteiger partial charge on any atom is 0.140 e. The molecular weight excluding hydrogens is 196 g/mol. The Morgan fingerprint density at radius 2 is 1.75 bits per heavy atom. The highest BCUT2D eigenvalue weighted by atomic mass is 16.1. The van der Waals surface area contributed by atoms with Crippen LogP contribution in [0.5, 0.6) is 0 Å². The first-order valence-electron chi connectivity index (χ1n) is 6.18. The molecule has 0 radical (unpaired) electrons. The van der Waals surface area contributed by atoms with Gasteiger partial charge in [0.25, 0.3) is 0 Å². The molecule has 1 heteroatoms. The number of benzene rings is 1. The summed E-state index contributed by atoms with van der Waals surface area (Å²) >= 11 is 0. The lowest BCUT2D eigenvalue weighted by Gasteiger charge is -2.40. The van der Waals surface area contributed by atoms with Gasteiger partial charge in [0.05, 0.1) is 5.41 Å². The molecule has 0 spiro atoms. The van der Waals surface area contributed by atoms with Crippen molar-refractivity contribution in [3.05, 3.63) is 35.4 Å². The maximum absolute atomic E-state index is 11.8. The summed E-state index contributed by atoms with van der Waals surface area (Å²) in [7, 11) is 0. The molecule has 0 bridgehead atoms. The summed E-state index contributed by atoms with van der Waals surface area (Å²) in [5, 5.41) is 0. The fourth-order valence-corrected chi connectivity index (χ4v) is 2.56. The molecule has 0 amide bonds. The Morgan fingerprint density at radius 1 is 1.19 bits per heavy atom. The van der Waals surface area contributed by atoms with Crippen LogP contribution in [0.4, 0.5) is 0 Å². The highest BCUT2D eigenvalue weighted by Gasteiger charge is 2.42. The Hall–Kier alpha value is -1.11. The summed E-state index contributed by atoms with van der Waals surface area (Å²) in [6, 6.07) is 8.64. The van der Waals surface area contributed by atoms with Crippen molar-refractivity contribution in [3.63, 3.8) is 0 Å². The van der Waals surface area contributed by atoms with E-state index in [9.17, 15) is 4.79 Å². The summed E-state index contributed by atoms with van der Waals surface area (Å²) < 4.78 is 0. The Morgan fingerprint density at radius 3 is 2.06 bits per heavy atom. The van der Waals surface area contributed by atoms with Gasteiger partial charge in [-0.15, -0.1) is 0 Å². The van der Waals surface area contributed by atoms with Crippen LogP contribution in [-0.4, -0.2) is 5.78 Å². The molecule has 1 aromatic carbocycles. The molecule has 0 heterocycles. The zero-order valence-electron chi connectivity index (χ0n) is 10.4. The highest BCUT2D eigenvalue weighted by molar-refractivity contribution is 5.89. The molecule has 1 aliphatic rings. The van der Waals surface area contributed by atoms with Crippen molar-refractivity contribution in [3.8, 4) is 0 Å². The van der Waals surface area contributed by atoms with Crippen LogP contribution in [0, 0.1) is 0 Å². The Kier molecular flexibility index (Phi) is 2.88. The number of ketones is 1. The Balaban J connectivity index is 2.30. The first kappa shape index (κ1) is 11.4. The van der Waals surface area contributed by atoms with Gasteiger partial charge < -0.3 is 0 Å². The zero-order chi connectivity index (χ0) is 11.8. The van der Waals surface area contributed by atoms with E-state index < -0.39 is 0 Å². The quantitative estimate of drug-likeness (QED) is 0.750. The lowest BCUT2D eigenvalue weighted by atomic mass is 9.62. The minimum Gasteiger partial charge on any atom is -0.299 e. The van der Waals surface area contributed by atoms with Crippen molar-refractivity contribution in [1.29, 1.82) is 0 Å². The minimum absolute atomic E-state index is 0.143. The number of hydrogen-bond donors (Lipinski definition) is 0. The van der Waals surface area contributed by atoms with Gasteiger partial charge >= 0.3 is 0 Å². The number of carbonyl (C=O) groups is 1. The second-order valence-electron chi connectivity index (χ2n) is 5.27. The lowest BCUT2D eigenvalue weighted by molar-refractivity contribution is -0.125. The van der Waals surface area contributed by atoms with E-state index >= 15 is 0 Å². The van der Waals surface area contributed by atoms with Gasteiger partial charge in [0.15, 0.2) is 0 Å². The first-order chi connectivity index (χ1) is 7.56. The van der Waals surface area contributed by atoms with Crippen LogP contribution in [0.15, 0.2) is 24.3 Å². The fraction of sp³-hybridized carbons (Fsp3) is 0.533. The third kappa shape index (κ3) is 1.68. The fourth-order valence-electron chi connectivity index (χ4n) is 2.56. The minimum atomic E-state index is -0.143. The molecule has 16 heavy (non-hydrogen) atoms. The van der Waals surface area contributed by atoms with Crippen LogP contribution >= 0.6 is 0 Å². The SMILES string of the molecule is CC(=O)C1(c2ccc(C(C)C)cc2)CCC1. The van der Waals surface area contributed by atoms with E-state index in [-0.39, 0.29) is 5.41 Å². The van der Waals surface area contributed by atoms with Crippen LogP contribution in [0.2, 0.25) is 0 Å². The summed E-state index contributed by atoms with van der Waals surface area (Å²) in [4.78, 5) is 11.8. The van der Waals surface area contributed by atoms with Crippen molar-refractivity contribution in [2.24, 2.45) is 0 Å². The van der Waals surface area contributed by atoms with Gasteiger partial charge in [-0.25, -0.2) is 0 Å². The van der Waals surface area contributed by atoms with Crippen LogP contribution in [0.25, 0.3) is 0 Å². The van der Waals surface area contributed by atoms with Gasteiger partial charge in [-0.3, -0.25) is 4.79 Å². The van der Waals surface area contributed by atoms with E-state index in [0.29, 0.717) is 11.7 Å². The number of carbonyl (C=O) groups excluding carboxylic acids is 1. The van der Waals surface area contributed by atoms with E-state index in [1.807, 2.05) is 0 Å². The smallest absolute Gasteiger partial charge is 0.140 e. The molecule has 86 valence electrons. The van der Waals surface area contributed by atoms with Crippen molar-refractivity contribution in [2.45, 2.75) is 51.4 Å². The van der Waals surface area contributed by atoms with Crippen LogP contribution in [0.1, 0.15) is 57.1 Å². The largest absolute Gasteiger partial charge is 0.299 e. The van der Waals surface area contributed by atoms with Gasteiger partial charge in [-0.1, -0.05) is 44.5 Å². The Labute approximate surface area is 97.9 Å². The van der Waals surface area contributed by atoms with Gasteiger partial charge in [-0.05, 0) is 36.8 Å². The standard InChI is InChI=1S/C15H20O/c1-11(2)13-5-7-14(8-6-13)15(12(3)16)9-4-10-15/h5-8,11H,4,9-10H2,1-3H3. The topological polar surface area (TPSA) is 17.1 Å². The third-order valence-corrected chi connectivity index (χ3v) is 4.01. The summed E-state index contributed by atoms with van der Waals surface area (Å²) in [6.45, 7) is 6.12. The molecule has 2 rings (SSSR count). The third-order valence-electron chi connectivity index (χ3n) is 4.01. The van der Waals surface area contributed by atoms with Crippen LogP contribution in [0.3, 0.4) is 0 Å². The number of hydrogen-bond acceptors (Lipinski definition) is 1. The van der Waals surface area contributed by atoms with Crippen molar-refractivity contribution >= 4 is 5.78 Å². The van der Waals surface area contributed by atoms with Crippen molar-refractivity contribution in [1.82, 2.24) is 0 Å². The molecule has 0 atom stereocenters. The molecule has 1 nitrogen and oxygen atoms in total. The lowest BCUT2D eigenvalue weighted by Crippen LogP contribution is -2.40. The van der Waals surface area contributed by atoms with E-state index in [1.54, 1.807) is 6.92 Å². The monoisotopic (exact) mass is 216 g/mol. The van der Waals surface area contributed by atoms with Crippen LogP contribution in [-0.2, 0) is 10.2 Å². The molecule has 0 aromatic heterocycles. The molecule has 0 N–H and O–H groups in total. The second kappa shape index (κ2) is 4.04. The predicted molar refractivity (Wildman–Crippen MR) is 66.7 cm³/mol. The maximum atomic E-state index is 11.8. The average Bonchev–Trinajstić information content (AvgIpc) is 2.16. The normalized spacial score (nSPS) is 18.2. The summed E-state index contributed by atoms with van der Waals surface area (Å²) in [5.41, 5.74) is 2.42. The molecule has 1 aromatic rings. The molecule has 0 saturated heterocycles. The van der Waals surface area contributed by atoms with Crippen LogP contribution < -0.4 is 0 Å². The second-order valence-corrected chi connectivity index (χ2v) is 5.27. The van der Waals surface area contributed by atoms with Gasteiger partial charge in [0.2, 0.25) is 0 Å². The van der Waals surface area contributed by atoms with Gasteiger partial charge in [0.1, 0.15) is 5.78 Å². The molecule has 1 aliphatic carbocycles. The highest BCUT2D eigenvalue weighted by Crippen LogP contribution is 2.44.